The minimum atomic E-state index is 0.203. The summed E-state index contributed by atoms with van der Waals surface area (Å²) < 4.78 is 0. The molecular weight excluding hydrogens is 352 g/mol. The molecule has 0 atom stereocenters. The summed E-state index contributed by atoms with van der Waals surface area (Å²) in [5.41, 5.74) is 2.32. The van der Waals surface area contributed by atoms with Crippen LogP contribution in [0.3, 0.4) is 0 Å². The fourth-order valence-corrected chi connectivity index (χ4v) is 4.05. The van der Waals surface area contributed by atoms with E-state index >= 15 is 0 Å². The zero-order chi connectivity index (χ0) is 17.5. The molecule has 1 aliphatic heterocycles. The molecule has 1 amide bonds. The molecule has 3 nitrogen and oxygen atoms in total. The highest BCUT2D eigenvalue weighted by Crippen LogP contribution is 2.33. The van der Waals surface area contributed by atoms with Crippen LogP contribution in [0.2, 0.25) is 5.02 Å². The van der Waals surface area contributed by atoms with Gasteiger partial charge in [0, 0.05) is 29.4 Å². The number of thioether (sulfide) groups is 1. The van der Waals surface area contributed by atoms with Gasteiger partial charge in [-0.05, 0) is 55.0 Å². The predicted octanol–water partition coefficient (Wildman–Crippen LogP) is 4.39. The number of amides is 1. The highest BCUT2D eigenvalue weighted by molar-refractivity contribution is 7.99. The summed E-state index contributed by atoms with van der Waals surface area (Å²) in [5, 5.41) is 4.13. The number of hydrogen-bond acceptors (Lipinski definition) is 3. The van der Waals surface area contributed by atoms with Gasteiger partial charge in [-0.15, -0.1) is 11.8 Å². The predicted molar refractivity (Wildman–Crippen MR) is 107 cm³/mol. The number of anilines is 1. The van der Waals surface area contributed by atoms with Crippen molar-refractivity contribution in [2.24, 2.45) is 0 Å². The van der Waals surface area contributed by atoms with Gasteiger partial charge in [0.2, 0.25) is 5.91 Å². The molecule has 3 rings (SSSR count). The van der Waals surface area contributed by atoms with Crippen molar-refractivity contribution in [3.63, 3.8) is 0 Å². The lowest BCUT2D eigenvalue weighted by atomic mass is 10.1. The number of fused-ring (bicyclic) bond motifs is 1. The van der Waals surface area contributed by atoms with Crippen molar-refractivity contribution in [1.29, 1.82) is 0 Å². The molecule has 2 aromatic rings. The molecular formula is C20H23ClN2OS. The molecule has 5 heteroatoms. The minimum absolute atomic E-state index is 0.203. The van der Waals surface area contributed by atoms with Crippen LogP contribution >= 0.6 is 23.4 Å². The summed E-state index contributed by atoms with van der Waals surface area (Å²) in [6.45, 7) is 2.38. The maximum Gasteiger partial charge on any atom is 0.228 e. The van der Waals surface area contributed by atoms with E-state index in [1.807, 2.05) is 53.1 Å². The third-order valence-electron chi connectivity index (χ3n) is 4.26. The molecule has 0 spiro atoms. The van der Waals surface area contributed by atoms with Crippen molar-refractivity contribution in [1.82, 2.24) is 5.32 Å². The van der Waals surface area contributed by atoms with E-state index in [2.05, 4.69) is 17.4 Å². The van der Waals surface area contributed by atoms with Crippen LogP contribution in [0.5, 0.6) is 0 Å². The van der Waals surface area contributed by atoms with E-state index in [1.54, 1.807) is 0 Å². The van der Waals surface area contributed by atoms with Crippen molar-refractivity contribution in [3.05, 3.63) is 59.1 Å². The van der Waals surface area contributed by atoms with Crippen LogP contribution < -0.4 is 10.2 Å². The normalized spacial score (nSPS) is 14.0. The number of carbonyl (C=O) groups excluding carboxylic acids is 1. The van der Waals surface area contributed by atoms with Gasteiger partial charge in [-0.2, -0.15) is 0 Å². The number of para-hydroxylation sites is 1. The van der Waals surface area contributed by atoms with Gasteiger partial charge < -0.3 is 10.2 Å². The van der Waals surface area contributed by atoms with Gasteiger partial charge in [0.1, 0.15) is 0 Å². The second-order valence-electron chi connectivity index (χ2n) is 6.09. The van der Waals surface area contributed by atoms with Crippen LogP contribution in [0.4, 0.5) is 5.69 Å². The topological polar surface area (TPSA) is 32.3 Å². The molecule has 2 aromatic carbocycles. The van der Waals surface area contributed by atoms with Gasteiger partial charge in [0.05, 0.1) is 5.69 Å². The molecule has 1 N–H and O–H groups in total. The molecule has 0 unspecified atom stereocenters. The summed E-state index contributed by atoms with van der Waals surface area (Å²) in [6.07, 6.45) is 2.50. The zero-order valence-electron chi connectivity index (χ0n) is 14.2. The van der Waals surface area contributed by atoms with Gasteiger partial charge in [-0.1, -0.05) is 35.9 Å². The third kappa shape index (κ3) is 5.24. The lowest BCUT2D eigenvalue weighted by molar-refractivity contribution is -0.118. The quantitative estimate of drug-likeness (QED) is 0.761. The van der Waals surface area contributed by atoms with Crippen LogP contribution in [0.15, 0.2) is 53.4 Å². The monoisotopic (exact) mass is 374 g/mol. The lowest BCUT2D eigenvalue weighted by Crippen LogP contribution is -2.34. The molecule has 0 saturated heterocycles. The average molecular weight is 375 g/mol. The van der Waals surface area contributed by atoms with Crippen molar-refractivity contribution < 1.29 is 4.79 Å². The Labute approximate surface area is 158 Å². The van der Waals surface area contributed by atoms with Gasteiger partial charge in [0.15, 0.2) is 0 Å². The first-order valence-electron chi connectivity index (χ1n) is 8.71. The van der Waals surface area contributed by atoms with Crippen LogP contribution in [0.25, 0.3) is 0 Å². The molecule has 0 bridgehead atoms. The van der Waals surface area contributed by atoms with Crippen molar-refractivity contribution in [2.45, 2.75) is 24.2 Å². The Morgan fingerprint density at radius 3 is 2.76 bits per heavy atom. The molecule has 0 saturated carbocycles. The summed E-state index contributed by atoms with van der Waals surface area (Å²) in [6, 6.07) is 16.1. The maximum absolute atomic E-state index is 12.6. The van der Waals surface area contributed by atoms with Crippen LogP contribution in [0, 0.1) is 0 Å². The molecule has 0 aromatic heterocycles. The van der Waals surface area contributed by atoms with Crippen molar-refractivity contribution in [2.75, 3.05) is 30.3 Å². The van der Waals surface area contributed by atoms with Gasteiger partial charge in [0.25, 0.3) is 0 Å². The highest BCUT2D eigenvalue weighted by atomic mass is 35.5. The second kappa shape index (κ2) is 9.27. The third-order valence-corrected chi connectivity index (χ3v) is 5.66. The second-order valence-corrected chi connectivity index (χ2v) is 7.66. The lowest BCUT2D eigenvalue weighted by Gasteiger charge is -2.22. The Morgan fingerprint density at radius 1 is 1.12 bits per heavy atom. The Kier molecular flexibility index (Phi) is 6.79. The fraction of sp³-hybridized carbons (Fsp3) is 0.350. The summed E-state index contributed by atoms with van der Waals surface area (Å²) >= 11 is 7.73. The zero-order valence-corrected chi connectivity index (χ0v) is 15.8. The van der Waals surface area contributed by atoms with E-state index in [1.165, 1.54) is 10.5 Å². The Balaban J connectivity index is 1.45. The Hall–Kier alpha value is -1.49. The smallest absolute Gasteiger partial charge is 0.228 e. The first kappa shape index (κ1) is 18.3. The molecule has 25 heavy (non-hydrogen) atoms. The molecule has 0 fully saturated rings. The number of carbonyl (C=O) groups is 1. The number of hydrogen-bond donors (Lipinski definition) is 1. The van der Waals surface area contributed by atoms with E-state index in [4.69, 9.17) is 11.6 Å². The number of nitrogens with zero attached hydrogens (tertiary/aromatic N) is 1. The summed E-state index contributed by atoms with van der Waals surface area (Å²) in [4.78, 5) is 15.8. The first-order valence-corrected chi connectivity index (χ1v) is 10.1. The minimum Gasteiger partial charge on any atom is -0.316 e. The van der Waals surface area contributed by atoms with E-state index in [9.17, 15) is 4.79 Å². The van der Waals surface area contributed by atoms with E-state index in [0.717, 1.165) is 42.4 Å². The maximum atomic E-state index is 12.6. The molecule has 0 radical (unpaired) electrons. The molecule has 132 valence electrons. The summed E-state index contributed by atoms with van der Waals surface area (Å²) in [5.74, 6) is 1.27. The SMILES string of the molecule is O=C(CCNCCc1ccc(Cl)cc1)N1CCCSc2ccccc21. The van der Waals surface area contributed by atoms with Crippen LogP contribution in [-0.4, -0.2) is 31.3 Å². The molecule has 1 aliphatic rings. The van der Waals surface area contributed by atoms with E-state index in [0.29, 0.717) is 13.0 Å². The van der Waals surface area contributed by atoms with Gasteiger partial charge in [-0.3, -0.25) is 4.79 Å². The van der Waals surface area contributed by atoms with Crippen LogP contribution in [0.1, 0.15) is 18.4 Å². The number of halogens is 1. The molecule has 1 heterocycles. The van der Waals surface area contributed by atoms with Crippen molar-refractivity contribution in [3.8, 4) is 0 Å². The summed E-state index contributed by atoms with van der Waals surface area (Å²) in [7, 11) is 0. The number of nitrogens with one attached hydrogen (secondary N) is 1. The van der Waals surface area contributed by atoms with E-state index < -0.39 is 0 Å². The number of rotatable bonds is 6. The van der Waals surface area contributed by atoms with Gasteiger partial charge in [-0.25, -0.2) is 0 Å². The average Bonchev–Trinajstić information content (AvgIpc) is 2.85. The fourth-order valence-electron chi connectivity index (χ4n) is 2.93. The Morgan fingerprint density at radius 2 is 1.92 bits per heavy atom. The largest absolute Gasteiger partial charge is 0.316 e. The van der Waals surface area contributed by atoms with Crippen molar-refractivity contribution >= 4 is 35.0 Å². The highest BCUT2D eigenvalue weighted by Gasteiger charge is 2.20. The molecule has 0 aliphatic carbocycles. The first-order chi connectivity index (χ1) is 12.2. The van der Waals surface area contributed by atoms with Gasteiger partial charge >= 0.3 is 0 Å². The number of benzene rings is 2. The standard InChI is InChI=1S/C20H23ClN2OS/c21-17-8-6-16(7-9-17)10-12-22-13-11-20(24)23-14-3-15-25-19-5-2-1-4-18(19)23/h1-2,4-9,22H,3,10-15H2. The Bertz CT molecular complexity index is 705. The van der Waals surface area contributed by atoms with E-state index in [-0.39, 0.29) is 5.91 Å². The van der Waals surface area contributed by atoms with Crippen LogP contribution in [-0.2, 0) is 11.2 Å².